The van der Waals surface area contributed by atoms with Crippen molar-refractivity contribution < 1.29 is 23.5 Å². The summed E-state index contributed by atoms with van der Waals surface area (Å²) in [6.45, 7) is 5.40. The van der Waals surface area contributed by atoms with Gasteiger partial charge < -0.3 is 29.2 Å². The maximum atomic E-state index is 16.7. The van der Waals surface area contributed by atoms with Gasteiger partial charge in [-0.2, -0.15) is 5.10 Å². The fraction of sp³-hybridized carbons (Fsp3) is 0.342. The van der Waals surface area contributed by atoms with E-state index in [1.54, 1.807) is 59.4 Å². The van der Waals surface area contributed by atoms with Crippen LogP contribution in [0.25, 0.3) is 27.6 Å². The van der Waals surface area contributed by atoms with E-state index in [4.69, 9.17) is 9.47 Å². The highest BCUT2D eigenvalue weighted by Gasteiger charge is 2.29. The van der Waals surface area contributed by atoms with Crippen LogP contribution >= 0.6 is 0 Å². The first-order valence-corrected chi connectivity index (χ1v) is 17.2. The minimum absolute atomic E-state index is 0.00529. The zero-order valence-corrected chi connectivity index (χ0v) is 29.1. The standard InChI is InChI=1S/C38H41FN8O4/c1-4-25-22-40-11-8-28(25)30-20-29(26-7-5-12-46(24-26)34(48)9-14-47-13-6-10-42-47)35(39)36-31(30)21-32(43-36)38(49)45-17-15-44(16-18-45)37-33(51-3)19-27(50-2)23-41-37/h6-8,10-11,13,19-23,43H,4-5,9,12,14-18,24H2,1-3H3. The largest absolute Gasteiger partial charge is 0.495 e. The van der Waals surface area contributed by atoms with Crippen LogP contribution in [0.15, 0.2) is 67.4 Å². The molecular weight excluding hydrogens is 651 g/mol. The summed E-state index contributed by atoms with van der Waals surface area (Å²) < 4.78 is 29.3. The summed E-state index contributed by atoms with van der Waals surface area (Å²) in [5.74, 6) is 1.23. The van der Waals surface area contributed by atoms with Gasteiger partial charge in [0, 0.05) is 94.0 Å². The van der Waals surface area contributed by atoms with Crippen molar-refractivity contribution in [2.75, 3.05) is 58.4 Å². The number of rotatable bonds is 10. The van der Waals surface area contributed by atoms with E-state index in [1.165, 1.54) is 0 Å². The van der Waals surface area contributed by atoms with Crippen molar-refractivity contribution >= 4 is 34.1 Å². The molecule has 4 aromatic heterocycles. The van der Waals surface area contributed by atoms with E-state index in [1.807, 2.05) is 36.7 Å². The van der Waals surface area contributed by atoms with Crippen LogP contribution in [0.3, 0.4) is 0 Å². The summed E-state index contributed by atoms with van der Waals surface area (Å²) in [5.41, 5.74) is 4.47. The van der Waals surface area contributed by atoms with Gasteiger partial charge in [-0.3, -0.25) is 19.3 Å². The molecule has 2 amide bonds. The number of aromatic nitrogens is 5. The van der Waals surface area contributed by atoms with Crippen LogP contribution in [0.1, 0.15) is 41.4 Å². The summed E-state index contributed by atoms with van der Waals surface area (Å²) in [7, 11) is 3.17. The number of H-pyrrole nitrogens is 1. The average Bonchev–Trinajstić information content (AvgIpc) is 3.88. The number of halogens is 1. The molecule has 0 radical (unpaired) electrons. The Balaban J connectivity index is 1.18. The van der Waals surface area contributed by atoms with Crippen molar-refractivity contribution in [1.29, 1.82) is 0 Å². The molecule has 12 nitrogen and oxygen atoms in total. The quantitative estimate of drug-likeness (QED) is 0.212. The maximum absolute atomic E-state index is 16.7. The number of anilines is 1. The summed E-state index contributed by atoms with van der Waals surface area (Å²) in [4.78, 5) is 44.9. The van der Waals surface area contributed by atoms with E-state index in [9.17, 15) is 9.59 Å². The lowest BCUT2D eigenvalue weighted by Gasteiger charge is -2.35. The molecule has 51 heavy (non-hydrogen) atoms. The second-order valence-corrected chi connectivity index (χ2v) is 12.7. The minimum Gasteiger partial charge on any atom is -0.495 e. The number of benzene rings is 1. The lowest BCUT2D eigenvalue weighted by atomic mass is 9.91. The minimum atomic E-state index is -0.445. The summed E-state index contributed by atoms with van der Waals surface area (Å²) >= 11 is 0. The Morgan fingerprint density at radius 3 is 2.55 bits per heavy atom. The van der Waals surface area contributed by atoms with Gasteiger partial charge in [0.1, 0.15) is 11.4 Å². The summed E-state index contributed by atoms with van der Waals surface area (Å²) in [6, 6.07) is 9.19. The smallest absolute Gasteiger partial charge is 0.270 e. The third kappa shape index (κ3) is 6.75. The SMILES string of the molecule is CCc1cnccc1-c1cc(C2=CCCN(C(=O)CCn3cccn3)C2)c(F)c2[nH]c(C(=O)N3CCN(c4ncc(OC)cc4OC)CC3)cc12. The van der Waals surface area contributed by atoms with Crippen LogP contribution in [0.4, 0.5) is 10.2 Å². The van der Waals surface area contributed by atoms with Crippen LogP contribution in [0.5, 0.6) is 11.5 Å². The van der Waals surface area contributed by atoms with E-state index < -0.39 is 5.82 Å². The Labute approximate surface area is 295 Å². The van der Waals surface area contributed by atoms with Crippen LogP contribution < -0.4 is 14.4 Å². The summed E-state index contributed by atoms with van der Waals surface area (Å²) in [6.07, 6.45) is 12.4. The van der Waals surface area contributed by atoms with Gasteiger partial charge in [0.05, 0.1) is 25.9 Å². The molecule has 0 aliphatic carbocycles. The molecule has 0 saturated carbocycles. The number of fused-ring (bicyclic) bond motifs is 1. The normalized spacial score (nSPS) is 14.9. The topological polar surface area (TPSA) is 122 Å². The third-order valence-corrected chi connectivity index (χ3v) is 9.75. The number of nitrogens with one attached hydrogen (secondary N) is 1. The van der Waals surface area contributed by atoms with Gasteiger partial charge in [-0.05, 0) is 59.4 Å². The molecule has 1 N–H and O–H groups in total. The van der Waals surface area contributed by atoms with Crippen molar-refractivity contribution in [2.24, 2.45) is 0 Å². The molecule has 1 saturated heterocycles. The number of aryl methyl sites for hydroxylation is 2. The van der Waals surface area contributed by atoms with Crippen molar-refractivity contribution in [1.82, 2.24) is 34.5 Å². The van der Waals surface area contributed by atoms with Gasteiger partial charge in [0.25, 0.3) is 5.91 Å². The third-order valence-electron chi connectivity index (χ3n) is 9.75. The lowest BCUT2D eigenvalue weighted by Crippen LogP contribution is -2.49. The molecule has 13 heteroatoms. The number of methoxy groups -OCH3 is 2. The van der Waals surface area contributed by atoms with Crippen LogP contribution in [-0.4, -0.2) is 99.8 Å². The zero-order valence-electron chi connectivity index (χ0n) is 29.1. The molecule has 7 rings (SSSR count). The predicted octanol–water partition coefficient (Wildman–Crippen LogP) is 5.21. The monoisotopic (exact) mass is 692 g/mol. The molecule has 0 unspecified atom stereocenters. The molecule has 0 spiro atoms. The molecular formula is C38H41FN8O4. The lowest BCUT2D eigenvalue weighted by molar-refractivity contribution is -0.131. The predicted molar refractivity (Wildman–Crippen MR) is 192 cm³/mol. The van der Waals surface area contributed by atoms with Crippen molar-refractivity contribution in [3.05, 3.63) is 90.0 Å². The number of piperazine rings is 1. The molecule has 0 atom stereocenters. The first-order valence-electron chi connectivity index (χ1n) is 17.2. The van der Waals surface area contributed by atoms with Crippen LogP contribution in [-0.2, 0) is 17.8 Å². The molecule has 264 valence electrons. The van der Waals surface area contributed by atoms with E-state index in [0.29, 0.717) is 92.6 Å². The highest BCUT2D eigenvalue weighted by Crippen LogP contribution is 2.38. The molecule has 1 fully saturated rings. The van der Waals surface area contributed by atoms with E-state index in [0.717, 1.165) is 28.7 Å². The second kappa shape index (κ2) is 14.6. The van der Waals surface area contributed by atoms with E-state index in [2.05, 4.69) is 31.9 Å². The van der Waals surface area contributed by atoms with Gasteiger partial charge in [-0.1, -0.05) is 13.0 Å². The average molecular weight is 693 g/mol. The molecule has 0 bridgehead atoms. The number of amides is 2. The van der Waals surface area contributed by atoms with Gasteiger partial charge in [0.15, 0.2) is 17.4 Å². The zero-order chi connectivity index (χ0) is 35.5. The van der Waals surface area contributed by atoms with E-state index >= 15 is 4.39 Å². The molecule has 2 aliphatic heterocycles. The van der Waals surface area contributed by atoms with Crippen molar-refractivity contribution in [3.63, 3.8) is 0 Å². The fourth-order valence-corrected chi connectivity index (χ4v) is 6.97. The van der Waals surface area contributed by atoms with Crippen LogP contribution in [0, 0.1) is 5.82 Å². The van der Waals surface area contributed by atoms with Crippen LogP contribution in [0.2, 0.25) is 0 Å². The molecule has 5 aromatic rings. The molecule has 6 heterocycles. The number of hydrogen-bond acceptors (Lipinski definition) is 8. The molecule has 1 aromatic carbocycles. The Morgan fingerprint density at radius 2 is 1.80 bits per heavy atom. The van der Waals surface area contributed by atoms with Crippen molar-refractivity contribution in [3.8, 4) is 22.6 Å². The highest BCUT2D eigenvalue weighted by molar-refractivity contribution is 6.05. The second-order valence-electron chi connectivity index (χ2n) is 12.7. The number of carbonyl (C=O) groups excluding carboxylic acids is 2. The molecule has 2 aliphatic rings. The first-order chi connectivity index (χ1) is 24.9. The first kappa shape index (κ1) is 33.8. The van der Waals surface area contributed by atoms with Gasteiger partial charge in [-0.15, -0.1) is 0 Å². The Kier molecular flexibility index (Phi) is 9.69. The van der Waals surface area contributed by atoms with E-state index in [-0.39, 0.29) is 17.3 Å². The summed E-state index contributed by atoms with van der Waals surface area (Å²) in [5, 5.41) is 4.82. The Hall–Kier alpha value is -5.72. The number of carbonyl (C=O) groups is 2. The number of hydrogen-bond donors (Lipinski definition) is 1. The van der Waals surface area contributed by atoms with Gasteiger partial charge in [0.2, 0.25) is 5.91 Å². The van der Waals surface area contributed by atoms with Crippen molar-refractivity contribution in [2.45, 2.75) is 32.7 Å². The van der Waals surface area contributed by atoms with Gasteiger partial charge in [-0.25, -0.2) is 9.37 Å². The number of pyridine rings is 2. The maximum Gasteiger partial charge on any atom is 0.270 e. The fourth-order valence-electron chi connectivity index (χ4n) is 6.97. The number of aromatic amines is 1. The Bertz CT molecular complexity index is 2080. The number of nitrogens with zero attached hydrogens (tertiary/aromatic N) is 7. The highest BCUT2D eigenvalue weighted by atomic mass is 19.1. The number of ether oxygens (including phenoxy) is 2. The Morgan fingerprint density at radius 1 is 0.961 bits per heavy atom. The van der Waals surface area contributed by atoms with Gasteiger partial charge >= 0.3 is 0 Å².